The smallest absolute Gasteiger partial charge is 0.268 e. The molecule has 0 heterocycles. The Morgan fingerprint density at radius 1 is 0.791 bits per heavy atom. The minimum atomic E-state index is -4.55. The van der Waals surface area contributed by atoms with E-state index >= 15 is 0 Å². The van der Waals surface area contributed by atoms with Crippen LogP contribution in [0.1, 0.15) is 149 Å². The zero-order valence-corrected chi connectivity index (χ0v) is 29.6. The molecule has 0 aliphatic heterocycles. The van der Waals surface area contributed by atoms with Gasteiger partial charge in [0.2, 0.25) is 5.91 Å². The van der Waals surface area contributed by atoms with Gasteiger partial charge in [0.05, 0.1) is 39.9 Å². The van der Waals surface area contributed by atoms with E-state index in [-0.39, 0.29) is 19.1 Å². The average Bonchev–Trinajstić information content (AvgIpc) is 2.94. The number of hydrogen-bond acceptors (Lipinski definition) is 6. The van der Waals surface area contributed by atoms with E-state index in [0.717, 1.165) is 51.4 Å². The summed E-state index contributed by atoms with van der Waals surface area (Å²) in [5, 5.41) is 13.7. The van der Waals surface area contributed by atoms with Crippen LogP contribution in [0.4, 0.5) is 0 Å². The van der Waals surface area contributed by atoms with Crippen LogP contribution in [0, 0.1) is 0 Å². The largest absolute Gasteiger partial charge is 0.756 e. The number of likely N-dealkylation sites (N-methyl/N-ethyl adjacent to an activating group) is 1. The standard InChI is InChI=1S/C34H69N2O6P/c1-6-8-10-12-14-16-18-20-22-24-26-28-34(38)35-32(31-42-43(39,40)41-30-29-36(3,4)5)33(37)27-25-23-21-19-17-15-13-11-9-7-2/h12,14,32-33,37H,6-11,13,15-31H2,1-5H3,(H-,35,38,39,40)/b14-12-. The van der Waals surface area contributed by atoms with Crippen molar-refractivity contribution in [3.8, 4) is 0 Å². The second-order valence-corrected chi connectivity index (χ2v) is 14.6. The van der Waals surface area contributed by atoms with Crippen molar-refractivity contribution in [2.75, 3.05) is 40.9 Å². The summed E-state index contributed by atoms with van der Waals surface area (Å²) in [4.78, 5) is 25.0. The molecule has 0 aromatic carbocycles. The van der Waals surface area contributed by atoms with Crippen molar-refractivity contribution >= 4 is 13.7 Å². The number of unbranched alkanes of at least 4 members (excludes halogenated alkanes) is 16. The Balaban J connectivity index is 4.54. The lowest BCUT2D eigenvalue weighted by molar-refractivity contribution is -0.870. The number of amides is 1. The van der Waals surface area contributed by atoms with E-state index in [4.69, 9.17) is 9.05 Å². The molecule has 3 atom stereocenters. The van der Waals surface area contributed by atoms with Gasteiger partial charge in [0.15, 0.2) is 0 Å². The Bertz CT molecular complexity index is 728. The summed E-state index contributed by atoms with van der Waals surface area (Å²) in [6.07, 6.45) is 26.4. The number of nitrogens with one attached hydrogen (secondary N) is 1. The number of hydrogen-bond donors (Lipinski definition) is 2. The number of carbonyl (C=O) groups excluding carboxylic acids is 1. The van der Waals surface area contributed by atoms with Gasteiger partial charge < -0.3 is 28.8 Å². The van der Waals surface area contributed by atoms with E-state index in [1.54, 1.807) is 0 Å². The Hall–Kier alpha value is -0.760. The summed E-state index contributed by atoms with van der Waals surface area (Å²) in [6.45, 7) is 4.62. The number of nitrogens with zero attached hydrogens (tertiary/aromatic N) is 1. The first-order valence-electron chi connectivity index (χ1n) is 17.5. The van der Waals surface area contributed by atoms with Gasteiger partial charge in [-0.15, -0.1) is 0 Å². The number of phosphoric acid groups is 1. The molecule has 0 radical (unpaired) electrons. The molecule has 0 rings (SSSR count). The van der Waals surface area contributed by atoms with Crippen LogP contribution in [0.2, 0.25) is 0 Å². The molecule has 0 aromatic rings. The normalized spacial score (nSPS) is 15.0. The molecule has 3 unspecified atom stereocenters. The fraction of sp³-hybridized carbons (Fsp3) is 0.912. The molecule has 0 bridgehead atoms. The molecule has 9 heteroatoms. The van der Waals surface area contributed by atoms with Crippen LogP contribution in [-0.4, -0.2) is 68.5 Å². The van der Waals surface area contributed by atoms with Crippen LogP contribution in [0.15, 0.2) is 12.2 Å². The van der Waals surface area contributed by atoms with Crippen molar-refractivity contribution in [3.63, 3.8) is 0 Å². The zero-order chi connectivity index (χ0) is 32.2. The highest BCUT2D eigenvalue weighted by atomic mass is 31.2. The van der Waals surface area contributed by atoms with Crippen LogP contribution in [0.25, 0.3) is 0 Å². The first-order valence-corrected chi connectivity index (χ1v) is 19.0. The zero-order valence-electron chi connectivity index (χ0n) is 28.7. The van der Waals surface area contributed by atoms with E-state index in [0.29, 0.717) is 23.9 Å². The molecule has 0 saturated carbocycles. The second-order valence-electron chi connectivity index (χ2n) is 13.2. The van der Waals surface area contributed by atoms with Crippen molar-refractivity contribution in [3.05, 3.63) is 12.2 Å². The molecular weight excluding hydrogens is 563 g/mol. The second kappa shape index (κ2) is 27.5. The molecule has 256 valence electrons. The van der Waals surface area contributed by atoms with Crippen molar-refractivity contribution in [1.29, 1.82) is 0 Å². The van der Waals surface area contributed by atoms with Crippen molar-refractivity contribution < 1.29 is 32.9 Å². The molecule has 43 heavy (non-hydrogen) atoms. The van der Waals surface area contributed by atoms with Gasteiger partial charge in [-0.05, 0) is 32.1 Å². The van der Waals surface area contributed by atoms with Gasteiger partial charge in [0, 0.05) is 6.42 Å². The lowest BCUT2D eigenvalue weighted by atomic mass is 10.0. The Labute approximate surface area is 265 Å². The molecule has 0 aliphatic carbocycles. The summed E-state index contributed by atoms with van der Waals surface area (Å²) in [5.74, 6) is -0.179. The first-order chi connectivity index (χ1) is 20.5. The summed E-state index contributed by atoms with van der Waals surface area (Å²) in [7, 11) is 1.29. The molecule has 1 amide bonds. The van der Waals surface area contributed by atoms with Gasteiger partial charge in [0.1, 0.15) is 13.2 Å². The van der Waals surface area contributed by atoms with E-state index in [1.807, 2.05) is 21.1 Å². The van der Waals surface area contributed by atoms with Crippen LogP contribution in [0.3, 0.4) is 0 Å². The van der Waals surface area contributed by atoms with Gasteiger partial charge in [-0.2, -0.15) is 0 Å². The average molecular weight is 633 g/mol. The SMILES string of the molecule is CCCC/C=C\CCCCCCCC(=O)NC(COP(=O)([O-])OCC[N+](C)(C)C)C(O)CCCCCCCCCCCC. The predicted molar refractivity (Wildman–Crippen MR) is 178 cm³/mol. The molecule has 0 fully saturated rings. The van der Waals surface area contributed by atoms with Crippen molar-refractivity contribution in [1.82, 2.24) is 5.32 Å². The number of phosphoric ester groups is 1. The summed E-state index contributed by atoms with van der Waals surface area (Å²) in [5.41, 5.74) is 0. The maximum atomic E-state index is 12.7. The van der Waals surface area contributed by atoms with Gasteiger partial charge >= 0.3 is 0 Å². The number of allylic oxidation sites excluding steroid dienone is 2. The van der Waals surface area contributed by atoms with E-state index < -0.39 is 20.0 Å². The Morgan fingerprint density at radius 3 is 1.88 bits per heavy atom. The third-order valence-electron chi connectivity index (χ3n) is 7.75. The number of quaternary nitrogens is 1. The third-order valence-corrected chi connectivity index (χ3v) is 8.72. The van der Waals surface area contributed by atoms with Crippen LogP contribution in [-0.2, 0) is 18.4 Å². The van der Waals surface area contributed by atoms with Crippen molar-refractivity contribution in [2.45, 2.75) is 161 Å². The highest BCUT2D eigenvalue weighted by Gasteiger charge is 2.24. The summed E-state index contributed by atoms with van der Waals surface area (Å²) in [6, 6.07) is -0.796. The topological polar surface area (TPSA) is 108 Å². The Kier molecular flexibility index (Phi) is 27.1. The van der Waals surface area contributed by atoms with Crippen LogP contribution in [0.5, 0.6) is 0 Å². The number of aliphatic hydroxyl groups is 1. The number of carbonyl (C=O) groups is 1. The lowest BCUT2D eigenvalue weighted by Gasteiger charge is -2.30. The molecule has 0 aliphatic rings. The monoisotopic (exact) mass is 632 g/mol. The van der Waals surface area contributed by atoms with Gasteiger partial charge in [-0.1, -0.05) is 122 Å². The maximum Gasteiger partial charge on any atom is 0.268 e. The van der Waals surface area contributed by atoms with E-state index in [2.05, 4.69) is 31.3 Å². The van der Waals surface area contributed by atoms with Gasteiger partial charge in [0.25, 0.3) is 7.82 Å². The first kappa shape index (κ1) is 42.2. The molecule has 0 saturated heterocycles. The van der Waals surface area contributed by atoms with Crippen LogP contribution >= 0.6 is 7.82 Å². The lowest BCUT2D eigenvalue weighted by Crippen LogP contribution is -2.46. The third kappa shape index (κ3) is 29.7. The highest BCUT2D eigenvalue weighted by Crippen LogP contribution is 2.38. The van der Waals surface area contributed by atoms with E-state index in [1.165, 1.54) is 70.6 Å². The minimum absolute atomic E-state index is 0.0115. The molecule has 8 nitrogen and oxygen atoms in total. The van der Waals surface area contributed by atoms with Crippen molar-refractivity contribution in [2.24, 2.45) is 0 Å². The number of aliphatic hydroxyl groups excluding tert-OH is 1. The quantitative estimate of drug-likeness (QED) is 0.0349. The van der Waals surface area contributed by atoms with Crippen LogP contribution < -0.4 is 10.2 Å². The molecule has 2 N–H and O–H groups in total. The fourth-order valence-electron chi connectivity index (χ4n) is 4.84. The molecule has 0 spiro atoms. The minimum Gasteiger partial charge on any atom is -0.756 e. The van der Waals surface area contributed by atoms with Gasteiger partial charge in [-0.3, -0.25) is 9.36 Å². The number of rotatable bonds is 31. The Morgan fingerprint density at radius 2 is 1.30 bits per heavy atom. The highest BCUT2D eigenvalue weighted by molar-refractivity contribution is 7.45. The predicted octanol–water partition coefficient (Wildman–Crippen LogP) is 7.83. The maximum absolute atomic E-state index is 12.7. The summed E-state index contributed by atoms with van der Waals surface area (Å²) < 4.78 is 23.0. The van der Waals surface area contributed by atoms with E-state index in [9.17, 15) is 19.4 Å². The fourth-order valence-corrected chi connectivity index (χ4v) is 5.56. The summed E-state index contributed by atoms with van der Waals surface area (Å²) >= 11 is 0. The molecular formula is C34H69N2O6P. The molecule has 0 aromatic heterocycles. The van der Waals surface area contributed by atoms with Gasteiger partial charge in [-0.25, -0.2) is 0 Å².